The fraction of sp³-hybridized carbons (Fsp3) is 0.283. The number of carboxylic acids is 3. The molecule has 0 heterocycles. The molecule has 0 aliphatic rings. The number of aliphatic carboxylic acids is 3. The van der Waals surface area contributed by atoms with Crippen LogP contribution in [0.25, 0.3) is 22.3 Å². The third kappa shape index (κ3) is 22.2. The highest BCUT2D eigenvalue weighted by atomic mass is 32.7. The Kier molecular flexibility index (Phi) is 27.8. The van der Waals surface area contributed by atoms with Crippen LogP contribution in [-0.2, 0) is 23.5 Å². The second kappa shape index (κ2) is 33.3. The summed E-state index contributed by atoms with van der Waals surface area (Å²) in [5, 5.41) is 33.8. The van der Waals surface area contributed by atoms with Crippen LogP contribution in [-0.4, -0.2) is 122 Å². The van der Waals surface area contributed by atoms with E-state index in [-0.39, 0.29) is 0 Å². The number of likely N-dealkylation sites (N-methyl/N-ethyl adjacent to an activating group) is 2. The van der Waals surface area contributed by atoms with Crippen LogP contribution in [0.5, 0.6) is 11.5 Å². The Labute approximate surface area is 452 Å². The Bertz CT molecular complexity index is 2600. The first-order valence-electron chi connectivity index (χ1n) is 24.6. The van der Waals surface area contributed by atoms with Gasteiger partial charge in [0.05, 0.1) is 12.8 Å². The molecule has 76 heavy (non-hydrogen) atoms. The summed E-state index contributed by atoms with van der Waals surface area (Å²) < 4.78 is 26.6. The first kappa shape index (κ1) is 63.5. The molecule has 406 valence electrons. The summed E-state index contributed by atoms with van der Waals surface area (Å²) in [7, 11) is 9.55. The lowest BCUT2D eigenvalue weighted by atomic mass is 9.88. The molecule has 6 rings (SSSR count). The third-order valence-electron chi connectivity index (χ3n) is 11.4. The van der Waals surface area contributed by atoms with Crippen molar-refractivity contribution in [3.05, 3.63) is 203 Å². The highest BCUT2D eigenvalue weighted by Gasteiger charge is 2.40. The number of rotatable bonds is 23. The lowest BCUT2D eigenvalue weighted by Crippen LogP contribution is -2.42. The van der Waals surface area contributed by atoms with Crippen molar-refractivity contribution < 1.29 is 53.4 Å². The van der Waals surface area contributed by atoms with E-state index in [0.29, 0.717) is 13.2 Å². The average molecular weight is 1080 g/mol. The molecule has 14 nitrogen and oxygen atoms in total. The van der Waals surface area contributed by atoms with Crippen LogP contribution in [0.3, 0.4) is 0 Å². The monoisotopic (exact) mass is 1080 g/mol. The molecule has 0 saturated carbocycles. The van der Waals surface area contributed by atoms with Gasteiger partial charge in [0, 0.05) is 20.2 Å². The van der Waals surface area contributed by atoms with E-state index in [9.17, 15) is 18.9 Å². The quantitative estimate of drug-likeness (QED) is 0.0299. The van der Waals surface area contributed by atoms with E-state index in [4.69, 9.17) is 35.4 Å². The van der Waals surface area contributed by atoms with Gasteiger partial charge in [0.25, 0.3) is 0 Å². The summed E-state index contributed by atoms with van der Waals surface area (Å²) in [4.78, 5) is 34.7. The molecule has 0 bridgehead atoms. The van der Waals surface area contributed by atoms with Gasteiger partial charge in [0.1, 0.15) is 24.7 Å². The average Bonchev–Trinajstić information content (AvgIpc) is 3.41. The van der Waals surface area contributed by atoms with Gasteiger partial charge >= 0.3 is 24.6 Å². The second-order valence-corrected chi connectivity index (χ2v) is 22.0. The zero-order chi connectivity index (χ0) is 56.1. The molecule has 0 radical (unpaired) electrons. The largest absolute Gasteiger partial charge is 0.492 e. The number of ether oxygens (including phenoxy) is 2. The zero-order valence-electron chi connectivity index (χ0n) is 44.8. The normalized spacial score (nSPS) is 12.4. The van der Waals surface area contributed by atoms with Crippen LogP contribution < -0.4 is 15.0 Å². The first-order valence-corrected chi connectivity index (χ1v) is 28.1. The van der Waals surface area contributed by atoms with E-state index >= 15 is 0 Å². The molecule has 1 unspecified atom stereocenters. The highest BCUT2D eigenvalue weighted by Crippen LogP contribution is 2.49. The lowest BCUT2D eigenvalue weighted by Gasteiger charge is -2.18. The van der Waals surface area contributed by atoms with Crippen LogP contribution in [0.4, 0.5) is 0 Å². The number of benzene rings is 6. The number of nitrogens with zero attached hydrogens (tertiary/aromatic N) is 2. The van der Waals surface area contributed by atoms with Crippen molar-refractivity contribution in [1.82, 2.24) is 9.80 Å². The molecule has 0 amide bonds. The van der Waals surface area contributed by atoms with Crippen molar-refractivity contribution in [3.8, 4) is 11.5 Å². The van der Waals surface area contributed by atoms with Gasteiger partial charge in [-0.05, 0) is 127 Å². The van der Waals surface area contributed by atoms with Crippen molar-refractivity contribution in [1.29, 1.82) is 0 Å². The van der Waals surface area contributed by atoms with Crippen LogP contribution in [0, 0.1) is 0 Å². The highest BCUT2D eigenvalue weighted by molar-refractivity contribution is 8.55. The van der Waals surface area contributed by atoms with Crippen LogP contribution >= 0.6 is 18.1 Å². The maximum Gasteiger partial charge on any atom is 0.336 e. The SMILES string of the molecule is CC/C(=C(\c1ccccc1)c1ccc(OCCN(C)C)cc1)c1ccccc1.CC/C(=C(\c1ccccc1)c1ccc(OCCN(C)C)cc1)c1ccccc1.COP(N)(=O)SC.O=C(O)CC(O)(CC(=O)O)C(=O)O. The maximum absolute atomic E-state index is 10.5. The Hall–Kier alpha value is -6.81. The van der Waals surface area contributed by atoms with E-state index in [1.54, 1.807) is 6.26 Å². The van der Waals surface area contributed by atoms with Crippen molar-refractivity contribution >= 4 is 58.3 Å². The number of carbonyl (C=O) groups is 3. The summed E-state index contributed by atoms with van der Waals surface area (Å²) in [6, 6.07) is 59.6. The van der Waals surface area contributed by atoms with Crippen molar-refractivity contribution in [2.75, 3.05) is 67.9 Å². The van der Waals surface area contributed by atoms with E-state index in [1.165, 1.54) is 62.8 Å². The van der Waals surface area contributed by atoms with E-state index in [2.05, 4.69) is 226 Å². The first-order chi connectivity index (χ1) is 36.3. The van der Waals surface area contributed by atoms with Gasteiger partial charge in [-0.3, -0.25) is 19.7 Å². The number of aliphatic hydroxyl groups is 1. The molecular formula is C60H74N3O11PS. The Morgan fingerprint density at radius 1 is 0.526 bits per heavy atom. The van der Waals surface area contributed by atoms with Crippen LogP contribution in [0.1, 0.15) is 72.9 Å². The standard InChI is InChI=1S/2C26H29NO.C6H8O7.C2H8NO2PS/c2*1-4-25(21-11-7-5-8-12-21)26(22-13-9-6-10-14-22)23-15-17-24(18-16-23)28-20-19-27(2)3;7-3(8)1-6(13,5(11)12)2-4(9)10;1-5-6(3,4)7-2/h2*5-18H,4,19-20H2,1-3H3;13H,1-2H2,(H,7,8)(H,9,10)(H,11,12);1-2H3,(H2,3,4)/b2*26-25-;;. The Morgan fingerprint density at radius 2 is 0.816 bits per heavy atom. The van der Waals surface area contributed by atoms with Crippen molar-refractivity contribution in [2.45, 2.75) is 45.1 Å². The molecule has 0 aromatic heterocycles. The number of carboxylic acid groups (broad SMARTS) is 3. The molecule has 6 N–H and O–H groups in total. The summed E-state index contributed by atoms with van der Waals surface area (Å²) in [6.45, 7) is 4.91. The number of hydrogen-bond donors (Lipinski definition) is 5. The Morgan fingerprint density at radius 3 is 1.04 bits per heavy atom. The smallest absolute Gasteiger partial charge is 0.336 e. The predicted molar refractivity (Wildman–Crippen MR) is 309 cm³/mol. The Balaban J connectivity index is 0.000000298. The van der Waals surface area contributed by atoms with Crippen LogP contribution in [0.2, 0.25) is 0 Å². The molecule has 6 aromatic carbocycles. The minimum atomic E-state index is -2.74. The van der Waals surface area contributed by atoms with Gasteiger partial charge in [0.15, 0.2) is 5.60 Å². The molecule has 6 aromatic rings. The molecule has 0 fully saturated rings. The van der Waals surface area contributed by atoms with Gasteiger partial charge in [0.2, 0.25) is 0 Å². The molecule has 0 aliphatic heterocycles. The van der Waals surface area contributed by atoms with Gasteiger partial charge in [-0.15, -0.1) is 0 Å². The summed E-state index contributed by atoms with van der Waals surface area (Å²) >= 11 is 1.04. The maximum atomic E-state index is 10.5. The minimum Gasteiger partial charge on any atom is -0.492 e. The summed E-state index contributed by atoms with van der Waals surface area (Å²) in [5.74, 6) is -3.19. The van der Waals surface area contributed by atoms with Crippen LogP contribution in [0.15, 0.2) is 170 Å². The van der Waals surface area contributed by atoms with Gasteiger partial charge in [-0.1, -0.05) is 171 Å². The van der Waals surface area contributed by atoms with Gasteiger partial charge in [-0.25, -0.2) is 4.79 Å². The summed E-state index contributed by atoms with van der Waals surface area (Å²) in [5.41, 5.74) is 15.0. The molecule has 0 aliphatic carbocycles. The fourth-order valence-corrected chi connectivity index (χ4v) is 8.08. The van der Waals surface area contributed by atoms with E-state index < -0.39 is 43.1 Å². The van der Waals surface area contributed by atoms with Crippen molar-refractivity contribution in [3.63, 3.8) is 0 Å². The van der Waals surface area contributed by atoms with Gasteiger partial charge in [-0.2, -0.15) is 0 Å². The second-order valence-electron chi connectivity index (χ2n) is 17.6. The number of nitrogens with two attached hydrogens (primary N) is 1. The molecule has 16 heteroatoms. The topological polar surface area (TPSA) is 209 Å². The molecular weight excluding hydrogens is 1000 g/mol. The van der Waals surface area contributed by atoms with Crippen molar-refractivity contribution in [2.24, 2.45) is 5.50 Å². The summed E-state index contributed by atoms with van der Waals surface area (Å²) in [6.07, 6.45) is 1.29. The fourth-order valence-electron chi connectivity index (χ4n) is 7.49. The molecule has 0 saturated heterocycles. The number of allylic oxidation sites excluding steroid dienone is 2. The minimum absolute atomic E-state index is 0.692. The van der Waals surface area contributed by atoms with E-state index in [0.717, 1.165) is 48.8 Å². The number of hydrogen-bond acceptors (Lipinski definition) is 11. The zero-order valence-corrected chi connectivity index (χ0v) is 46.5. The molecule has 0 spiro atoms. The predicted octanol–water partition coefficient (Wildman–Crippen LogP) is 11.8. The van der Waals surface area contributed by atoms with Gasteiger partial charge < -0.3 is 44.2 Å². The van der Waals surface area contributed by atoms with E-state index in [1.807, 2.05) is 0 Å². The third-order valence-corrected chi connectivity index (χ3v) is 14.4. The molecule has 1 atom stereocenters. The lowest BCUT2D eigenvalue weighted by molar-refractivity contribution is -0.170.